The van der Waals surface area contributed by atoms with Crippen LogP contribution < -0.4 is 10.6 Å². The monoisotopic (exact) mass is 541 g/mol. The Morgan fingerprint density at radius 1 is 1.21 bits per heavy atom. The number of allylic oxidation sites excluding steroid dienone is 1. The van der Waals surface area contributed by atoms with E-state index in [1.165, 1.54) is 12.1 Å². The van der Waals surface area contributed by atoms with Crippen LogP contribution in [0.1, 0.15) is 49.8 Å². The fourth-order valence-corrected chi connectivity index (χ4v) is 4.71. The number of hydrogen-bond donors (Lipinski definition) is 3. The zero-order valence-electron chi connectivity index (χ0n) is 21.7. The van der Waals surface area contributed by atoms with Gasteiger partial charge in [0.15, 0.2) is 12.1 Å². The average Bonchev–Trinajstić information content (AvgIpc) is 3.50. The summed E-state index contributed by atoms with van der Waals surface area (Å²) in [7, 11) is 1.76. The highest BCUT2D eigenvalue weighted by Gasteiger charge is 2.28. The number of rotatable bonds is 8. The van der Waals surface area contributed by atoms with Crippen molar-refractivity contribution in [3.05, 3.63) is 60.3 Å². The molecule has 9 nitrogen and oxygen atoms in total. The number of halogens is 3. The zero-order valence-corrected chi connectivity index (χ0v) is 21.7. The number of aliphatic hydroxyl groups is 1. The van der Waals surface area contributed by atoms with E-state index in [9.17, 15) is 18.3 Å². The Labute approximate surface area is 223 Å². The first-order valence-electron chi connectivity index (χ1n) is 12.6. The molecule has 3 heterocycles. The Kier molecular flexibility index (Phi) is 7.43. The van der Waals surface area contributed by atoms with Gasteiger partial charge in [-0.05, 0) is 49.5 Å². The lowest BCUT2D eigenvalue weighted by Gasteiger charge is -2.23. The highest BCUT2D eigenvalue weighted by atomic mass is 19.4. The summed E-state index contributed by atoms with van der Waals surface area (Å²) in [5, 5.41) is 25.5. The van der Waals surface area contributed by atoms with Crippen molar-refractivity contribution in [3.63, 3.8) is 0 Å². The van der Waals surface area contributed by atoms with Crippen LogP contribution >= 0.6 is 0 Å². The second-order valence-electron chi connectivity index (χ2n) is 9.64. The predicted octanol–water partition coefficient (Wildman–Crippen LogP) is 5.45. The van der Waals surface area contributed by atoms with E-state index in [2.05, 4.69) is 32.4 Å². The molecule has 0 saturated carbocycles. The predicted molar refractivity (Wildman–Crippen MR) is 142 cm³/mol. The number of benzene rings is 2. The lowest BCUT2D eigenvalue weighted by Crippen LogP contribution is -2.31. The third kappa shape index (κ3) is 5.82. The van der Waals surface area contributed by atoms with Crippen molar-refractivity contribution in [2.24, 2.45) is 7.05 Å². The van der Waals surface area contributed by atoms with Gasteiger partial charge < -0.3 is 15.2 Å². The number of aryl methyl sites for hydroxylation is 1. The third-order valence-electron chi connectivity index (χ3n) is 6.63. The molecule has 1 saturated heterocycles. The Morgan fingerprint density at radius 2 is 1.97 bits per heavy atom. The summed E-state index contributed by atoms with van der Waals surface area (Å²) in [4.78, 5) is 4.62. The smallest absolute Gasteiger partial charge is 0.374 e. The fourth-order valence-electron chi connectivity index (χ4n) is 4.71. The summed E-state index contributed by atoms with van der Waals surface area (Å²) in [6.45, 7) is 5.56. The number of anilines is 2. The molecule has 3 N–H and O–H groups in total. The highest BCUT2D eigenvalue weighted by molar-refractivity contribution is 5.97. The molecule has 0 amide bonds. The number of aliphatic hydroxyl groups excluding tert-OH is 1. The molecule has 0 bridgehead atoms. The largest absolute Gasteiger partial charge is 0.401 e. The van der Waals surface area contributed by atoms with Crippen LogP contribution in [-0.2, 0) is 11.8 Å². The van der Waals surface area contributed by atoms with E-state index in [0.29, 0.717) is 22.9 Å². The minimum atomic E-state index is -4.42. The number of ether oxygens (including phenoxy) is 1. The van der Waals surface area contributed by atoms with Gasteiger partial charge in [0.05, 0.1) is 18.3 Å². The third-order valence-corrected chi connectivity index (χ3v) is 6.63. The fraction of sp³-hybridized carbons (Fsp3) is 0.370. The maximum absolute atomic E-state index is 12.4. The molecule has 0 aliphatic carbocycles. The van der Waals surface area contributed by atoms with Gasteiger partial charge in [0.2, 0.25) is 5.95 Å². The molecule has 206 valence electrons. The molecular weight excluding hydrogens is 511 g/mol. The van der Waals surface area contributed by atoms with E-state index in [0.717, 1.165) is 53.6 Å². The van der Waals surface area contributed by atoms with Crippen LogP contribution in [0.15, 0.2) is 49.2 Å². The minimum absolute atomic E-state index is 0.0812. The van der Waals surface area contributed by atoms with Gasteiger partial charge in [-0.1, -0.05) is 30.8 Å². The van der Waals surface area contributed by atoms with E-state index in [-0.39, 0.29) is 6.23 Å². The van der Waals surface area contributed by atoms with Gasteiger partial charge in [-0.2, -0.15) is 23.3 Å². The molecule has 5 rings (SSSR count). The van der Waals surface area contributed by atoms with Gasteiger partial charge in [0, 0.05) is 35.9 Å². The zero-order chi connectivity index (χ0) is 27.7. The van der Waals surface area contributed by atoms with E-state index < -0.39 is 18.9 Å². The molecule has 1 fully saturated rings. The van der Waals surface area contributed by atoms with E-state index in [1.54, 1.807) is 23.9 Å². The Hall–Kier alpha value is -3.74. The Balaban J connectivity index is 1.38. The molecule has 2 aromatic heterocycles. The first kappa shape index (κ1) is 26.9. The number of alkyl halides is 3. The lowest BCUT2D eigenvalue weighted by molar-refractivity contribution is -0.131. The second kappa shape index (κ2) is 10.8. The van der Waals surface area contributed by atoms with E-state index >= 15 is 0 Å². The summed E-state index contributed by atoms with van der Waals surface area (Å²) in [6, 6.07) is 10.3. The van der Waals surface area contributed by atoms with E-state index in [1.807, 2.05) is 29.9 Å². The summed E-state index contributed by atoms with van der Waals surface area (Å²) >= 11 is 0. The van der Waals surface area contributed by atoms with Crippen molar-refractivity contribution < 1.29 is 23.0 Å². The van der Waals surface area contributed by atoms with Crippen molar-refractivity contribution >= 4 is 28.1 Å². The van der Waals surface area contributed by atoms with Crippen LogP contribution in [0.5, 0.6) is 0 Å². The molecule has 1 aliphatic heterocycles. The molecule has 12 heteroatoms. The van der Waals surface area contributed by atoms with Gasteiger partial charge in [0.25, 0.3) is 0 Å². The standard InChI is InChI=1S/C27H30F3N7O2/c1-16(2)23-19-14-32-37(22-6-4-5-13-39-22)21(19)12-11-20(23)33-26-34-24(35-36(26)3)17-7-9-18(10-8-17)25(38)31-15-27(28,29)30/h7-12,14,22,25,31,38H,1,4-6,13,15H2,2-3H3,(H,33,34,35). The topological polar surface area (TPSA) is 102 Å². The molecule has 39 heavy (non-hydrogen) atoms. The molecule has 4 aromatic rings. The summed E-state index contributed by atoms with van der Waals surface area (Å²) in [6.07, 6.45) is -1.02. The SMILES string of the molecule is C=C(C)c1c(Nc2nc(-c3ccc(C(O)NCC(F)(F)F)cc3)nn2C)ccc2c1cnn2C1CCCCO1. The van der Waals surface area contributed by atoms with Crippen LogP contribution in [0.4, 0.5) is 24.8 Å². The maximum Gasteiger partial charge on any atom is 0.401 e. The van der Waals surface area contributed by atoms with Crippen molar-refractivity contribution in [2.45, 2.75) is 44.8 Å². The number of aromatic nitrogens is 5. The van der Waals surface area contributed by atoms with Gasteiger partial charge in [-0.15, -0.1) is 5.10 Å². The van der Waals surface area contributed by atoms with Gasteiger partial charge in [-0.25, -0.2) is 9.36 Å². The number of hydrogen-bond acceptors (Lipinski definition) is 7. The van der Waals surface area contributed by atoms with Crippen LogP contribution in [0.2, 0.25) is 0 Å². The van der Waals surface area contributed by atoms with Crippen molar-refractivity contribution in [1.29, 1.82) is 0 Å². The molecule has 2 atom stereocenters. The lowest BCUT2D eigenvalue weighted by atomic mass is 10.0. The van der Waals surface area contributed by atoms with Gasteiger partial charge in [0.1, 0.15) is 6.23 Å². The normalized spacial score (nSPS) is 16.9. The first-order chi connectivity index (χ1) is 18.6. The summed E-state index contributed by atoms with van der Waals surface area (Å²) in [5.41, 5.74) is 4.50. The van der Waals surface area contributed by atoms with E-state index in [4.69, 9.17) is 4.74 Å². The number of nitrogens with one attached hydrogen (secondary N) is 2. The summed E-state index contributed by atoms with van der Waals surface area (Å²) < 4.78 is 46.8. The Morgan fingerprint density at radius 3 is 2.64 bits per heavy atom. The van der Waals surface area contributed by atoms with Crippen molar-refractivity contribution in [1.82, 2.24) is 29.9 Å². The molecule has 2 unspecified atom stereocenters. The molecule has 1 aliphatic rings. The van der Waals surface area contributed by atoms with Gasteiger partial charge >= 0.3 is 6.18 Å². The number of nitrogens with zero attached hydrogens (tertiary/aromatic N) is 5. The average molecular weight is 542 g/mol. The number of fused-ring (bicyclic) bond motifs is 1. The summed E-state index contributed by atoms with van der Waals surface area (Å²) in [5.74, 6) is 0.912. The Bertz CT molecular complexity index is 1470. The quantitative estimate of drug-likeness (QED) is 0.255. The molecule has 0 spiro atoms. The molecule has 2 aromatic carbocycles. The molecule has 0 radical (unpaired) electrons. The maximum atomic E-state index is 12.4. The minimum Gasteiger partial charge on any atom is -0.374 e. The molecular formula is C27H30F3N7O2. The van der Waals surface area contributed by atoms with Crippen LogP contribution in [-0.4, -0.2) is 49.0 Å². The highest BCUT2D eigenvalue weighted by Crippen LogP contribution is 2.35. The van der Waals surface area contributed by atoms with Crippen LogP contribution in [0.25, 0.3) is 27.9 Å². The van der Waals surface area contributed by atoms with Crippen molar-refractivity contribution in [2.75, 3.05) is 18.5 Å². The second-order valence-corrected chi connectivity index (χ2v) is 9.64. The van der Waals surface area contributed by atoms with Crippen LogP contribution in [0.3, 0.4) is 0 Å². The first-order valence-corrected chi connectivity index (χ1v) is 12.6. The van der Waals surface area contributed by atoms with Gasteiger partial charge in [-0.3, -0.25) is 5.32 Å². The van der Waals surface area contributed by atoms with Crippen molar-refractivity contribution in [3.8, 4) is 11.4 Å². The van der Waals surface area contributed by atoms with Crippen LogP contribution in [0, 0.1) is 0 Å².